The second-order valence-corrected chi connectivity index (χ2v) is 5.32. The van der Waals surface area contributed by atoms with Gasteiger partial charge in [0.1, 0.15) is 0 Å². The first-order valence-corrected chi connectivity index (χ1v) is 6.77. The molecule has 2 rings (SSSR count). The second kappa shape index (κ2) is 6.19. The van der Waals surface area contributed by atoms with Crippen molar-refractivity contribution in [2.24, 2.45) is 11.7 Å². The van der Waals surface area contributed by atoms with Crippen LogP contribution in [0.25, 0.3) is 5.69 Å². The van der Waals surface area contributed by atoms with Gasteiger partial charge in [0.15, 0.2) is 0 Å². The van der Waals surface area contributed by atoms with Gasteiger partial charge in [-0.05, 0) is 48.1 Å². The van der Waals surface area contributed by atoms with Gasteiger partial charge in [0.25, 0.3) is 0 Å². The molecule has 1 aromatic carbocycles. The van der Waals surface area contributed by atoms with Crippen molar-refractivity contribution in [2.75, 3.05) is 0 Å². The highest BCUT2D eigenvalue weighted by Crippen LogP contribution is 2.19. The average Bonchev–Trinajstić information content (AvgIpc) is 2.82. The molecule has 0 aliphatic rings. The van der Waals surface area contributed by atoms with Crippen molar-refractivity contribution in [3.8, 4) is 17.7 Å². The maximum atomic E-state index is 10.9. The molecule has 0 bridgehead atoms. The first-order valence-electron chi connectivity index (χ1n) is 6.77. The van der Waals surface area contributed by atoms with E-state index in [1.165, 1.54) is 0 Å². The Kier molecular flexibility index (Phi) is 4.34. The predicted molar refractivity (Wildman–Crippen MR) is 82.3 cm³/mol. The van der Waals surface area contributed by atoms with E-state index in [4.69, 9.17) is 10.8 Å². The Morgan fingerprint density at radius 2 is 1.95 bits per heavy atom. The summed E-state index contributed by atoms with van der Waals surface area (Å²) in [5, 5.41) is 8.92. The van der Waals surface area contributed by atoms with Gasteiger partial charge in [0.05, 0.1) is 5.56 Å². The van der Waals surface area contributed by atoms with Gasteiger partial charge < -0.3 is 15.4 Å². The number of nitrogens with two attached hydrogens (primary N) is 1. The molecule has 0 atom stereocenters. The number of rotatable bonds is 4. The van der Waals surface area contributed by atoms with Gasteiger partial charge in [-0.15, -0.1) is 0 Å². The van der Waals surface area contributed by atoms with Crippen molar-refractivity contribution < 1.29 is 9.90 Å². The number of nitrogens with zero attached hydrogens (tertiary/aromatic N) is 1. The summed E-state index contributed by atoms with van der Waals surface area (Å²) in [4.78, 5) is 10.9. The second-order valence-electron chi connectivity index (χ2n) is 5.32. The molecule has 4 heteroatoms. The Hall–Kier alpha value is -2.67. The van der Waals surface area contributed by atoms with E-state index < -0.39 is 5.97 Å². The quantitative estimate of drug-likeness (QED) is 0.669. The molecule has 1 aromatic heterocycles. The molecule has 0 amide bonds. The highest BCUT2D eigenvalue weighted by molar-refractivity contribution is 5.87. The molecule has 0 aliphatic carbocycles. The number of carbonyl (C=O) groups is 1. The highest BCUT2D eigenvalue weighted by Gasteiger charge is 2.09. The van der Waals surface area contributed by atoms with E-state index in [-0.39, 0.29) is 5.56 Å². The third-order valence-electron chi connectivity index (χ3n) is 3.16. The summed E-state index contributed by atoms with van der Waals surface area (Å²) in [6.07, 6.45) is 4.87. The summed E-state index contributed by atoms with van der Waals surface area (Å²) >= 11 is 0. The maximum absolute atomic E-state index is 10.9. The Bertz CT molecular complexity index is 701. The van der Waals surface area contributed by atoms with Gasteiger partial charge in [0.2, 0.25) is 0 Å². The number of benzene rings is 1. The number of aromatic nitrogens is 1. The van der Waals surface area contributed by atoms with Gasteiger partial charge in [-0.25, -0.2) is 4.79 Å². The number of carboxylic acids is 1. The van der Waals surface area contributed by atoms with E-state index in [0.29, 0.717) is 5.92 Å². The zero-order valence-corrected chi connectivity index (χ0v) is 12.1. The fraction of sp³-hybridized carbons (Fsp3) is 0.235. The zero-order valence-electron chi connectivity index (χ0n) is 12.1. The van der Waals surface area contributed by atoms with Crippen LogP contribution < -0.4 is 5.73 Å². The average molecular weight is 282 g/mol. The minimum absolute atomic E-state index is 0.273. The largest absolute Gasteiger partial charge is 0.478 e. The molecule has 0 aliphatic heterocycles. The fourth-order valence-corrected chi connectivity index (χ4v) is 2.21. The van der Waals surface area contributed by atoms with Gasteiger partial charge >= 0.3 is 5.97 Å². The van der Waals surface area contributed by atoms with Crippen LogP contribution in [0.4, 0.5) is 0 Å². The van der Waals surface area contributed by atoms with Crippen LogP contribution in [0.3, 0.4) is 0 Å². The smallest absolute Gasteiger partial charge is 0.335 e. The summed E-state index contributed by atoms with van der Waals surface area (Å²) in [7, 11) is 0. The molecule has 1 heterocycles. The lowest BCUT2D eigenvalue weighted by molar-refractivity contribution is 0.0697. The SMILES string of the molecule is CC(C)Cc1cn(-c2ccc(C(=O)O)cc2)cc1C#CN. The summed E-state index contributed by atoms with van der Waals surface area (Å²) in [6, 6.07) is 9.19. The fourth-order valence-electron chi connectivity index (χ4n) is 2.21. The topological polar surface area (TPSA) is 68.2 Å². The van der Waals surface area contributed by atoms with Crippen molar-refractivity contribution in [2.45, 2.75) is 20.3 Å². The number of carboxylic acid groups (broad SMARTS) is 1. The van der Waals surface area contributed by atoms with Crippen molar-refractivity contribution in [3.05, 3.63) is 53.3 Å². The van der Waals surface area contributed by atoms with Crippen LogP contribution in [0.5, 0.6) is 0 Å². The first-order chi connectivity index (χ1) is 10.0. The summed E-state index contributed by atoms with van der Waals surface area (Å²) < 4.78 is 1.95. The molecule has 0 saturated heterocycles. The Morgan fingerprint density at radius 1 is 1.29 bits per heavy atom. The van der Waals surface area contributed by atoms with E-state index in [9.17, 15) is 4.79 Å². The third-order valence-corrected chi connectivity index (χ3v) is 3.16. The Labute approximate surface area is 124 Å². The van der Waals surface area contributed by atoms with Gasteiger partial charge in [-0.2, -0.15) is 0 Å². The molecule has 0 radical (unpaired) electrons. The molecule has 21 heavy (non-hydrogen) atoms. The predicted octanol–water partition coefficient (Wildman–Crippen LogP) is 2.64. The standard InChI is InChI=1S/C17H18N2O2/c1-12(2)9-15-11-19(10-14(15)7-8-18)16-5-3-13(4-6-16)17(20)21/h3-6,10-12H,9,18H2,1-2H3,(H,20,21). The van der Waals surface area contributed by atoms with Gasteiger partial charge in [0, 0.05) is 29.7 Å². The lowest BCUT2D eigenvalue weighted by Gasteiger charge is -2.04. The van der Waals surface area contributed by atoms with Crippen molar-refractivity contribution in [1.82, 2.24) is 4.57 Å². The van der Waals surface area contributed by atoms with Crippen LogP contribution in [0.1, 0.15) is 35.3 Å². The van der Waals surface area contributed by atoms with Crippen molar-refractivity contribution >= 4 is 5.97 Å². The molecule has 0 saturated carbocycles. The lowest BCUT2D eigenvalue weighted by Crippen LogP contribution is -1.97. The lowest BCUT2D eigenvalue weighted by atomic mass is 10.0. The first kappa shape index (κ1) is 14.7. The van der Waals surface area contributed by atoms with Crippen molar-refractivity contribution in [3.63, 3.8) is 0 Å². The molecular weight excluding hydrogens is 264 g/mol. The molecule has 4 nitrogen and oxygen atoms in total. The van der Waals surface area contributed by atoms with Gasteiger partial charge in [-0.1, -0.05) is 13.8 Å². The van der Waals surface area contributed by atoms with Crippen LogP contribution in [-0.4, -0.2) is 15.6 Å². The Balaban J connectivity index is 2.38. The van der Waals surface area contributed by atoms with E-state index in [0.717, 1.165) is 23.2 Å². The maximum Gasteiger partial charge on any atom is 0.335 e. The summed E-state index contributed by atoms with van der Waals surface area (Å²) in [5.74, 6) is 2.51. The molecule has 0 unspecified atom stereocenters. The van der Waals surface area contributed by atoms with E-state index in [2.05, 4.69) is 25.8 Å². The third kappa shape index (κ3) is 3.46. The van der Waals surface area contributed by atoms with Gasteiger partial charge in [-0.3, -0.25) is 0 Å². The van der Waals surface area contributed by atoms with E-state index >= 15 is 0 Å². The van der Waals surface area contributed by atoms with Crippen LogP contribution in [-0.2, 0) is 6.42 Å². The summed E-state index contributed by atoms with van der Waals surface area (Å²) in [5.41, 5.74) is 8.55. The Morgan fingerprint density at radius 3 is 2.48 bits per heavy atom. The minimum atomic E-state index is -0.927. The van der Waals surface area contributed by atoms with Crippen LogP contribution in [0.2, 0.25) is 0 Å². The monoisotopic (exact) mass is 282 g/mol. The number of aromatic carboxylic acids is 1. The minimum Gasteiger partial charge on any atom is -0.478 e. The number of hydrogen-bond donors (Lipinski definition) is 2. The normalized spacial score (nSPS) is 10.2. The molecule has 0 fully saturated rings. The highest BCUT2D eigenvalue weighted by atomic mass is 16.4. The number of hydrogen-bond acceptors (Lipinski definition) is 2. The van der Waals surface area contributed by atoms with E-state index in [1.54, 1.807) is 24.3 Å². The molecular formula is C17H18N2O2. The van der Waals surface area contributed by atoms with Crippen molar-refractivity contribution in [1.29, 1.82) is 0 Å². The van der Waals surface area contributed by atoms with Crippen LogP contribution in [0.15, 0.2) is 36.7 Å². The van der Waals surface area contributed by atoms with Crippen LogP contribution in [0, 0.1) is 17.9 Å². The molecule has 3 N–H and O–H groups in total. The van der Waals surface area contributed by atoms with Crippen LogP contribution >= 0.6 is 0 Å². The zero-order chi connectivity index (χ0) is 15.4. The molecule has 0 spiro atoms. The molecule has 108 valence electrons. The summed E-state index contributed by atoms with van der Waals surface area (Å²) in [6.45, 7) is 4.30. The van der Waals surface area contributed by atoms with E-state index in [1.807, 2.05) is 17.0 Å². The molecule has 2 aromatic rings.